The molecule has 0 unspecified atom stereocenters. The molecule has 0 heterocycles. The molecule has 0 aromatic heterocycles. The Morgan fingerprint density at radius 2 is 2.10 bits per heavy atom. The Labute approximate surface area is 118 Å². The van der Waals surface area contributed by atoms with E-state index in [-0.39, 0.29) is 29.5 Å². The molecule has 6 nitrogen and oxygen atoms in total. The second-order valence-electron chi connectivity index (χ2n) is 4.20. The average molecular weight is 280 g/mol. The summed E-state index contributed by atoms with van der Waals surface area (Å²) in [5, 5.41) is 2.72. The second kappa shape index (κ2) is 8.04. The maximum absolute atomic E-state index is 11.6. The topological polar surface area (TPSA) is 90.6 Å². The molecule has 20 heavy (non-hydrogen) atoms. The van der Waals surface area contributed by atoms with Crippen LogP contribution in [-0.4, -0.2) is 32.1 Å². The first kappa shape index (κ1) is 15.8. The Morgan fingerprint density at radius 3 is 2.75 bits per heavy atom. The van der Waals surface area contributed by atoms with E-state index in [4.69, 9.17) is 10.5 Å². The van der Waals surface area contributed by atoms with Gasteiger partial charge >= 0.3 is 5.97 Å². The van der Waals surface area contributed by atoms with Crippen molar-refractivity contribution in [1.29, 1.82) is 0 Å². The minimum Gasteiger partial charge on any atom is -0.483 e. The summed E-state index contributed by atoms with van der Waals surface area (Å²) in [4.78, 5) is 23.2. The van der Waals surface area contributed by atoms with Crippen molar-refractivity contribution in [2.24, 2.45) is 0 Å². The first-order chi connectivity index (χ1) is 9.60. The number of carbonyl (C=O) groups is 2. The normalized spacial score (nSPS) is 9.90. The van der Waals surface area contributed by atoms with E-state index in [1.165, 1.54) is 7.11 Å². The minimum atomic E-state index is -0.593. The molecular weight excluding hydrogens is 260 g/mol. The molecule has 0 spiro atoms. The highest BCUT2D eigenvalue weighted by Gasteiger charge is 2.17. The van der Waals surface area contributed by atoms with Gasteiger partial charge < -0.3 is 20.5 Å². The number of amides is 1. The monoisotopic (exact) mass is 280 g/mol. The predicted molar refractivity (Wildman–Crippen MR) is 75.6 cm³/mol. The number of benzene rings is 1. The standard InChI is InChI=1S/C14H20N2O4/c1-3-4-8-16-12(17)9-20-11-7-5-6-10(15)13(11)14(18)19-2/h5-7H,3-4,8-9,15H2,1-2H3,(H,16,17). The van der Waals surface area contributed by atoms with Gasteiger partial charge in [0.05, 0.1) is 7.11 Å². The molecule has 0 bridgehead atoms. The number of esters is 1. The van der Waals surface area contributed by atoms with Crippen molar-refractivity contribution in [3.05, 3.63) is 23.8 Å². The van der Waals surface area contributed by atoms with Crippen molar-refractivity contribution in [3.63, 3.8) is 0 Å². The molecule has 0 aliphatic heterocycles. The van der Waals surface area contributed by atoms with Crippen LogP contribution in [0.3, 0.4) is 0 Å². The molecule has 0 saturated heterocycles. The number of nitrogens with one attached hydrogen (secondary N) is 1. The van der Waals surface area contributed by atoms with Crippen LogP contribution in [0.4, 0.5) is 5.69 Å². The Hall–Kier alpha value is -2.24. The second-order valence-corrected chi connectivity index (χ2v) is 4.20. The number of carbonyl (C=O) groups excluding carboxylic acids is 2. The van der Waals surface area contributed by atoms with Crippen LogP contribution in [-0.2, 0) is 9.53 Å². The molecule has 0 aliphatic rings. The Kier molecular flexibility index (Phi) is 6.36. The van der Waals surface area contributed by atoms with Crippen molar-refractivity contribution >= 4 is 17.6 Å². The molecule has 3 N–H and O–H groups in total. The van der Waals surface area contributed by atoms with Crippen LogP contribution < -0.4 is 15.8 Å². The highest BCUT2D eigenvalue weighted by Crippen LogP contribution is 2.25. The summed E-state index contributed by atoms with van der Waals surface area (Å²) in [6.07, 6.45) is 1.92. The summed E-state index contributed by atoms with van der Waals surface area (Å²) < 4.78 is 9.99. The predicted octanol–water partition coefficient (Wildman–Crippen LogP) is 1.35. The zero-order valence-electron chi connectivity index (χ0n) is 11.8. The molecule has 0 saturated carbocycles. The smallest absolute Gasteiger partial charge is 0.343 e. The summed E-state index contributed by atoms with van der Waals surface area (Å²) in [6, 6.07) is 4.79. The van der Waals surface area contributed by atoms with Gasteiger partial charge in [-0.3, -0.25) is 4.79 Å². The summed E-state index contributed by atoms with van der Waals surface area (Å²) in [5.74, 6) is -0.594. The van der Waals surface area contributed by atoms with Crippen LogP contribution in [0.25, 0.3) is 0 Å². The van der Waals surface area contributed by atoms with E-state index >= 15 is 0 Å². The SMILES string of the molecule is CCCCNC(=O)COc1cccc(N)c1C(=O)OC. The van der Waals surface area contributed by atoms with Gasteiger partial charge in [0.15, 0.2) is 6.61 Å². The molecule has 1 aromatic carbocycles. The van der Waals surface area contributed by atoms with Crippen molar-refractivity contribution in [1.82, 2.24) is 5.32 Å². The molecule has 1 amide bonds. The first-order valence-electron chi connectivity index (χ1n) is 6.46. The van der Waals surface area contributed by atoms with Gasteiger partial charge in [0.1, 0.15) is 11.3 Å². The third-order valence-electron chi connectivity index (χ3n) is 2.66. The van der Waals surface area contributed by atoms with E-state index in [1.54, 1.807) is 18.2 Å². The lowest BCUT2D eigenvalue weighted by molar-refractivity contribution is -0.123. The molecule has 0 atom stereocenters. The highest BCUT2D eigenvalue weighted by atomic mass is 16.5. The summed E-state index contributed by atoms with van der Waals surface area (Å²) in [7, 11) is 1.26. The van der Waals surface area contributed by atoms with Gasteiger partial charge in [-0.1, -0.05) is 19.4 Å². The number of unbranched alkanes of at least 4 members (excludes halogenated alkanes) is 1. The van der Waals surface area contributed by atoms with Crippen molar-refractivity contribution in [2.45, 2.75) is 19.8 Å². The number of nitrogens with two attached hydrogens (primary N) is 1. The number of anilines is 1. The van der Waals surface area contributed by atoms with Crippen LogP contribution in [0.15, 0.2) is 18.2 Å². The summed E-state index contributed by atoms with van der Waals surface area (Å²) >= 11 is 0. The van der Waals surface area contributed by atoms with Crippen molar-refractivity contribution < 1.29 is 19.1 Å². The number of nitrogen functional groups attached to an aromatic ring is 1. The highest BCUT2D eigenvalue weighted by molar-refractivity contribution is 5.98. The van der Waals surface area contributed by atoms with Crippen LogP contribution in [0.2, 0.25) is 0 Å². The Morgan fingerprint density at radius 1 is 1.35 bits per heavy atom. The van der Waals surface area contributed by atoms with Gasteiger partial charge in [-0.15, -0.1) is 0 Å². The lowest BCUT2D eigenvalue weighted by Crippen LogP contribution is -2.29. The van der Waals surface area contributed by atoms with Crippen LogP contribution in [0, 0.1) is 0 Å². The van der Waals surface area contributed by atoms with Crippen LogP contribution in [0.1, 0.15) is 30.1 Å². The number of hydrogen-bond acceptors (Lipinski definition) is 5. The maximum Gasteiger partial charge on any atom is 0.343 e. The number of hydrogen-bond donors (Lipinski definition) is 2. The maximum atomic E-state index is 11.6. The zero-order valence-corrected chi connectivity index (χ0v) is 11.8. The fourth-order valence-corrected chi connectivity index (χ4v) is 1.59. The summed E-state index contributed by atoms with van der Waals surface area (Å²) in [5.41, 5.74) is 6.11. The van der Waals surface area contributed by atoms with E-state index < -0.39 is 5.97 Å². The third-order valence-corrected chi connectivity index (χ3v) is 2.66. The van der Waals surface area contributed by atoms with Crippen molar-refractivity contribution in [2.75, 3.05) is 26.0 Å². The molecule has 0 aliphatic carbocycles. The molecule has 1 aromatic rings. The fraction of sp³-hybridized carbons (Fsp3) is 0.429. The van der Waals surface area contributed by atoms with Crippen LogP contribution in [0.5, 0.6) is 5.75 Å². The van der Waals surface area contributed by atoms with Gasteiger partial charge in [-0.05, 0) is 18.6 Å². The molecule has 110 valence electrons. The molecule has 0 radical (unpaired) electrons. The fourth-order valence-electron chi connectivity index (χ4n) is 1.59. The third kappa shape index (κ3) is 4.46. The Bertz CT molecular complexity index is 474. The van der Waals surface area contributed by atoms with Gasteiger partial charge in [0.25, 0.3) is 5.91 Å². The molecule has 0 fully saturated rings. The van der Waals surface area contributed by atoms with Crippen LogP contribution >= 0.6 is 0 Å². The van der Waals surface area contributed by atoms with Crippen molar-refractivity contribution in [3.8, 4) is 5.75 Å². The van der Waals surface area contributed by atoms with E-state index in [0.717, 1.165) is 12.8 Å². The molecular formula is C14H20N2O4. The lowest BCUT2D eigenvalue weighted by atomic mass is 10.1. The zero-order chi connectivity index (χ0) is 15.0. The van der Waals surface area contributed by atoms with Gasteiger partial charge in [0, 0.05) is 12.2 Å². The van der Waals surface area contributed by atoms with E-state index in [1.807, 2.05) is 6.92 Å². The Balaban J connectivity index is 2.66. The quantitative estimate of drug-likeness (QED) is 0.447. The van der Waals surface area contributed by atoms with E-state index in [0.29, 0.717) is 6.54 Å². The van der Waals surface area contributed by atoms with Gasteiger partial charge in [-0.2, -0.15) is 0 Å². The van der Waals surface area contributed by atoms with Gasteiger partial charge in [-0.25, -0.2) is 4.79 Å². The lowest BCUT2D eigenvalue weighted by Gasteiger charge is -2.12. The van der Waals surface area contributed by atoms with E-state index in [2.05, 4.69) is 10.1 Å². The minimum absolute atomic E-state index is 0.136. The largest absolute Gasteiger partial charge is 0.483 e. The molecule has 1 rings (SSSR count). The average Bonchev–Trinajstić information content (AvgIpc) is 2.44. The number of rotatable bonds is 7. The number of ether oxygens (including phenoxy) is 2. The summed E-state index contributed by atoms with van der Waals surface area (Å²) in [6.45, 7) is 2.48. The van der Waals surface area contributed by atoms with Gasteiger partial charge in [0.2, 0.25) is 0 Å². The number of methoxy groups -OCH3 is 1. The first-order valence-corrected chi connectivity index (χ1v) is 6.46. The van der Waals surface area contributed by atoms with E-state index in [9.17, 15) is 9.59 Å². The molecule has 6 heteroatoms.